The zero-order valence-electron chi connectivity index (χ0n) is 13.0. The summed E-state index contributed by atoms with van der Waals surface area (Å²) in [5.74, 6) is 0.860. The van der Waals surface area contributed by atoms with Gasteiger partial charge in [0.1, 0.15) is 12.0 Å². The number of carbonyl (C=O) groups is 1. The van der Waals surface area contributed by atoms with Crippen molar-refractivity contribution in [2.75, 3.05) is 6.61 Å². The maximum absolute atomic E-state index is 10.4. The summed E-state index contributed by atoms with van der Waals surface area (Å²) in [7, 11) is 0. The van der Waals surface area contributed by atoms with Crippen LogP contribution in [0, 0.1) is 0 Å². The van der Waals surface area contributed by atoms with Crippen LogP contribution in [0.4, 0.5) is 0 Å². The normalized spacial score (nSPS) is 12.3. The molecule has 0 aliphatic heterocycles. The number of aldehydes is 1. The van der Waals surface area contributed by atoms with Crippen LogP contribution in [0.15, 0.2) is 18.2 Å². The summed E-state index contributed by atoms with van der Waals surface area (Å²) in [6.07, 6.45) is 1.32. The number of hydrogen-bond acceptors (Lipinski definition) is 2. The molecule has 0 radical (unpaired) electrons. The van der Waals surface area contributed by atoms with Crippen LogP contribution in [0.5, 0.6) is 5.75 Å². The highest BCUT2D eigenvalue weighted by molar-refractivity contribution is 5.49. The predicted molar refractivity (Wildman–Crippen MR) is 80.0 cm³/mol. The average molecular weight is 262 g/mol. The van der Waals surface area contributed by atoms with Crippen molar-refractivity contribution in [1.29, 1.82) is 0 Å². The van der Waals surface area contributed by atoms with Crippen molar-refractivity contribution in [3.8, 4) is 5.75 Å². The van der Waals surface area contributed by atoms with E-state index in [9.17, 15) is 4.79 Å². The molecule has 2 nitrogen and oxygen atoms in total. The Kier molecular flexibility index (Phi) is 4.78. The quantitative estimate of drug-likeness (QED) is 0.599. The van der Waals surface area contributed by atoms with Crippen molar-refractivity contribution < 1.29 is 9.53 Å². The van der Waals surface area contributed by atoms with Crippen LogP contribution < -0.4 is 4.74 Å². The zero-order chi connectivity index (χ0) is 14.7. The highest BCUT2D eigenvalue weighted by atomic mass is 16.5. The fraction of sp³-hybridized carbons (Fsp3) is 0.588. The molecule has 106 valence electrons. The minimum absolute atomic E-state index is 0.0873. The molecule has 0 heterocycles. The maximum Gasteiger partial charge on any atom is 0.123 e. The largest absolute Gasteiger partial charge is 0.493 e. The number of benzene rings is 1. The first-order valence-electron chi connectivity index (χ1n) is 6.87. The van der Waals surface area contributed by atoms with Gasteiger partial charge in [0, 0.05) is 6.42 Å². The van der Waals surface area contributed by atoms with Crippen molar-refractivity contribution >= 4 is 6.29 Å². The lowest BCUT2D eigenvalue weighted by Crippen LogP contribution is -2.16. The number of carbonyl (C=O) groups excluding carboxylic acids is 1. The Hall–Kier alpha value is -1.31. The van der Waals surface area contributed by atoms with Crippen LogP contribution in [-0.4, -0.2) is 12.9 Å². The molecule has 1 aromatic carbocycles. The van der Waals surface area contributed by atoms with Gasteiger partial charge < -0.3 is 9.53 Å². The van der Waals surface area contributed by atoms with Gasteiger partial charge in [0.15, 0.2) is 0 Å². The predicted octanol–water partition coefficient (Wildman–Crippen LogP) is 4.25. The Balaban J connectivity index is 3.13. The van der Waals surface area contributed by atoms with Crippen LogP contribution in [-0.2, 0) is 15.6 Å². The third-order valence-electron chi connectivity index (χ3n) is 3.14. The zero-order valence-corrected chi connectivity index (χ0v) is 13.0. The van der Waals surface area contributed by atoms with Gasteiger partial charge in [0.2, 0.25) is 0 Å². The summed E-state index contributed by atoms with van der Waals surface area (Å²) in [5.41, 5.74) is 2.70. The molecule has 0 saturated heterocycles. The van der Waals surface area contributed by atoms with Crippen molar-refractivity contribution in [3.63, 3.8) is 0 Å². The molecule has 0 atom stereocenters. The van der Waals surface area contributed by atoms with Gasteiger partial charge in [-0.1, -0.05) is 47.6 Å². The van der Waals surface area contributed by atoms with Gasteiger partial charge in [-0.3, -0.25) is 0 Å². The second kappa shape index (κ2) is 5.77. The smallest absolute Gasteiger partial charge is 0.123 e. The van der Waals surface area contributed by atoms with Crippen molar-refractivity contribution in [1.82, 2.24) is 0 Å². The average Bonchev–Trinajstić information content (AvgIpc) is 2.27. The summed E-state index contributed by atoms with van der Waals surface area (Å²) in [4.78, 5) is 10.4. The second-order valence-electron chi connectivity index (χ2n) is 7.05. The molecule has 0 aliphatic carbocycles. The van der Waals surface area contributed by atoms with E-state index in [1.165, 1.54) is 11.1 Å². The number of hydrogen-bond donors (Lipinski definition) is 0. The lowest BCUT2D eigenvalue weighted by atomic mass is 9.80. The molecule has 0 aromatic heterocycles. The lowest BCUT2D eigenvalue weighted by molar-refractivity contribution is -0.108. The molecule has 0 aliphatic rings. The molecule has 0 unspecified atom stereocenters. The van der Waals surface area contributed by atoms with E-state index in [1.807, 2.05) is 0 Å². The van der Waals surface area contributed by atoms with Gasteiger partial charge in [-0.15, -0.1) is 0 Å². The summed E-state index contributed by atoms with van der Waals surface area (Å²) in [6.45, 7) is 13.6. The standard InChI is InChI=1S/C17H26O2/c1-16(2,3)13-10-14(17(4,5)6)12-15(11-13)19-9-7-8-18/h8,10-12H,7,9H2,1-6H3. The molecule has 0 amide bonds. The first kappa shape index (κ1) is 15.7. The molecule has 0 spiro atoms. The van der Waals surface area contributed by atoms with Crippen LogP contribution in [0.25, 0.3) is 0 Å². The van der Waals surface area contributed by atoms with Crippen molar-refractivity contribution in [3.05, 3.63) is 29.3 Å². The fourth-order valence-corrected chi connectivity index (χ4v) is 1.77. The van der Waals surface area contributed by atoms with E-state index in [-0.39, 0.29) is 10.8 Å². The SMILES string of the molecule is CC(C)(C)c1cc(OCCC=O)cc(C(C)(C)C)c1. The van der Waals surface area contributed by atoms with Gasteiger partial charge in [0.05, 0.1) is 6.61 Å². The first-order valence-corrected chi connectivity index (χ1v) is 6.87. The van der Waals surface area contributed by atoms with Crippen LogP contribution in [0.2, 0.25) is 0 Å². The van der Waals surface area contributed by atoms with Crippen molar-refractivity contribution in [2.45, 2.75) is 58.8 Å². The lowest BCUT2D eigenvalue weighted by Gasteiger charge is -2.26. The highest BCUT2D eigenvalue weighted by Gasteiger charge is 2.20. The maximum atomic E-state index is 10.4. The van der Waals surface area contributed by atoms with E-state index in [1.54, 1.807) is 0 Å². The Morgan fingerprint density at radius 1 is 0.947 bits per heavy atom. The third kappa shape index (κ3) is 4.70. The molecule has 1 aromatic rings. The van der Waals surface area contributed by atoms with Crippen LogP contribution >= 0.6 is 0 Å². The highest BCUT2D eigenvalue weighted by Crippen LogP contribution is 2.32. The van der Waals surface area contributed by atoms with Gasteiger partial charge in [-0.25, -0.2) is 0 Å². The molecule has 0 fully saturated rings. The van der Waals surface area contributed by atoms with Gasteiger partial charge in [0.25, 0.3) is 0 Å². The monoisotopic (exact) mass is 262 g/mol. The molecule has 19 heavy (non-hydrogen) atoms. The van der Waals surface area contributed by atoms with Crippen LogP contribution in [0.1, 0.15) is 59.1 Å². The number of rotatable bonds is 4. The molecule has 1 rings (SSSR count). The Morgan fingerprint density at radius 2 is 1.42 bits per heavy atom. The molecule has 2 heteroatoms. The minimum atomic E-state index is 0.0873. The van der Waals surface area contributed by atoms with E-state index < -0.39 is 0 Å². The second-order valence-corrected chi connectivity index (χ2v) is 7.05. The summed E-state index contributed by atoms with van der Waals surface area (Å²) >= 11 is 0. The van der Waals surface area contributed by atoms with Gasteiger partial charge >= 0.3 is 0 Å². The van der Waals surface area contributed by atoms with Gasteiger partial charge in [-0.2, -0.15) is 0 Å². The third-order valence-corrected chi connectivity index (χ3v) is 3.14. The Bertz CT molecular complexity index is 401. The van der Waals surface area contributed by atoms with E-state index in [0.717, 1.165) is 12.0 Å². The summed E-state index contributed by atoms with van der Waals surface area (Å²) < 4.78 is 5.69. The van der Waals surface area contributed by atoms with E-state index >= 15 is 0 Å². The molecule has 0 N–H and O–H groups in total. The molecular weight excluding hydrogens is 236 g/mol. The minimum Gasteiger partial charge on any atom is -0.493 e. The van der Waals surface area contributed by atoms with E-state index in [4.69, 9.17) is 4.74 Å². The van der Waals surface area contributed by atoms with Crippen LogP contribution in [0.3, 0.4) is 0 Å². The van der Waals surface area contributed by atoms with E-state index in [0.29, 0.717) is 13.0 Å². The topological polar surface area (TPSA) is 26.3 Å². The first-order chi connectivity index (χ1) is 8.64. The molecular formula is C17H26O2. The molecule has 0 bridgehead atoms. The number of ether oxygens (including phenoxy) is 1. The van der Waals surface area contributed by atoms with Gasteiger partial charge in [-0.05, 0) is 34.1 Å². The summed E-state index contributed by atoms with van der Waals surface area (Å²) in [6, 6.07) is 6.42. The van der Waals surface area contributed by atoms with Crippen molar-refractivity contribution in [2.24, 2.45) is 0 Å². The Labute approximate surface area is 117 Å². The fourth-order valence-electron chi connectivity index (χ4n) is 1.77. The molecule has 0 saturated carbocycles. The van der Waals surface area contributed by atoms with E-state index in [2.05, 4.69) is 59.7 Å². The Morgan fingerprint density at radius 3 is 1.79 bits per heavy atom. The summed E-state index contributed by atoms with van der Waals surface area (Å²) in [5, 5.41) is 0.